The minimum absolute atomic E-state index is 0.411. The van der Waals surface area contributed by atoms with Crippen LogP contribution in [0.15, 0.2) is 12.7 Å². The van der Waals surface area contributed by atoms with Gasteiger partial charge in [0.1, 0.15) is 10.5 Å². The maximum Gasteiger partial charge on any atom is 0.146 e. The Kier molecular flexibility index (Phi) is 4.72. The van der Waals surface area contributed by atoms with Gasteiger partial charge in [0.05, 0.1) is 0 Å². The number of rotatable bonds is 4. The molecule has 0 aliphatic rings. The van der Waals surface area contributed by atoms with Crippen LogP contribution in [0.2, 0.25) is 0 Å². The van der Waals surface area contributed by atoms with E-state index < -0.39 is 0 Å². The lowest BCUT2D eigenvalue weighted by Gasteiger charge is -2.17. The second kappa shape index (κ2) is 4.76. The second-order valence-corrected chi connectivity index (χ2v) is 2.75. The summed E-state index contributed by atoms with van der Waals surface area (Å²) >= 11 is 0. The largest absolute Gasteiger partial charge is 0.424 e. The summed E-state index contributed by atoms with van der Waals surface area (Å²) in [5, 5.41) is 0. The second-order valence-electron chi connectivity index (χ2n) is 2.28. The quantitative estimate of drug-likeness (QED) is 0.420. The van der Waals surface area contributed by atoms with E-state index in [0.717, 1.165) is 16.9 Å². The van der Waals surface area contributed by atoms with Gasteiger partial charge in [-0.25, -0.2) is 0 Å². The topological polar surface area (TPSA) is 9.23 Å². The lowest BCUT2D eigenvalue weighted by molar-refractivity contribution is 0.176. The Hall–Kier alpha value is -0.0831. The van der Waals surface area contributed by atoms with Crippen molar-refractivity contribution in [3.05, 3.63) is 12.7 Å². The Morgan fingerprint density at radius 1 is 1.78 bits per heavy atom. The Labute approximate surface area is 60.6 Å². The summed E-state index contributed by atoms with van der Waals surface area (Å²) in [6, 6.07) is 0. The van der Waals surface area contributed by atoms with Gasteiger partial charge in [0.2, 0.25) is 0 Å². The van der Waals surface area contributed by atoms with Crippen LogP contribution in [0.4, 0.5) is 0 Å². The van der Waals surface area contributed by atoms with Gasteiger partial charge in [-0.1, -0.05) is 19.9 Å². The zero-order valence-corrected chi connectivity index (χ0v) is 8.55. The number of hydrogen-bond donors (Lipinski definition) is 0. The van der Waals surface area contributed by atoms with Crippen molar-refractivity contribution in [1.29, 1.82) is 0 Å². The lowest BCUT2D eigenvalue weighted by Crippen LogP contribution is -2.17. The highest BCUT2D eigenvalue weighted by atomic mass is 28.2. The fraction of sp³-hybridized carbons (Fsp3) is 0.714. The van der Waals surface area contributed by atoms with E-state index in [0.29, 0.717) is 12.0 Å². The summed E-state index contributed by atoms with van der Waals surface area (Å²) < 4.78 is 5.32. The molecule has 0 rings (SSSR count). The maximum atomic E-state index is 5.32. The molecule has 2 unspecified atom stereocenters. The van der Waals surface area contributed by atoms with Crippen LogP contribution in [0, 0.1) is 5.92 Å². The summed E-state index contributed by atoms with van der Waals surface area (Å²) in [6.45, 7) is 7.99. The van der Waals surface area contributed by atoms with Gasteiger partial charge >= 0.3 is 0 Å². The van der Waals surface area contributed by atoms with Crippen LogP contribution in [0.25, 0.3) is 0 Å². The average Bonchev–Trinajstić information content (AvgIpc) is 1.90. The lowest BCUT2D eigenvalue weighted by atomic mass is 10.0. The molecule has 9 heavy (non-hydrogen) atoms. The summed E-state index contributed by atoms with van der Waals surface area (Å²) in [4.78, 5) is 0. The van der Waals surface area contributed by atoms with Crippen LogP contribution < -0.4 is 0 Å². The van der Waals surface area contributed by atoms with Crippen molar-refractivity contribution in [1.82, 2.24) is 0 Å². The standard InChI is InChI=1S/C7H16OSi/c1-4-6(3)7(5-2)8-9/h4,6-7H,1,5H2,2-3,9H3. The van der Waals surface area contributed by atoms with Crippen molar-refractivity contribution in [3.63, 3.8) is 0 Å². The Bertz CT molecular complexity index is 79.0. The van der Waals surface area contributed by atoms with Crippen molar-refractivity contribution in [2.75, 3.05) is 0 Å². The first-order valence-electron chi connectivity index (χ1n) is 3.41. The van der Waals surface area contributed by atoms with Crippen molar-refractivity contribution in [3.8, 4) is 0 Å². The van der Waals surface area contributed by atoms with Crippen molar-refractivity contribution in [2.45, 2.75) is 26.4 Å². The molecule has 0 fully saturated rings. The van der Waals surface area contributed by atoms with E-state index in [2.05, 4.69) is 20.4 Å². The molecule has 0 saturated heterocycles. The molecule has 0 N–H and O–H groups in total. The predicted octanol–water partition coefficient (Wildman–Crippen LogP) is 0.884. The third kappa shape index (κ3) is 2.82. The first-order chi connectivity index (χ1) is 4.26. The van der Waals surface area contributed by atoms with Gasteiger partial charge in [0.15, 0.2) is 0 Å². The summed E-state index contributed by atoms with van der Waals surface area (Å²) in [5.41, 5.74) is 0. The molecule has 54 valence electrons. The molecule has 0 bridgehead atoms. The molecular formula is C7H16OSi. The Morgan fingerprint density at radius 3 is 2.44 bits per heavy atom. The molecule has 0 radical (unpaired) electrons. The van der Waals surface area contributed by atoms with Gasteiger partial charge in [-0.05, 0) is 12.3 Å². The van der Waals surface area contributed by atoms with Crippen LogP contribution in [-0.2, 0) is 4.43 Å². The van der Waals surface area contributed by atoms with Crippen LogP contribution >= 0.6 is 0 Å². The van der Waals surface area contributed by atoms with E-state index in [1.807, 2.05) is 6.08 Å². The van der Waals surface area contributed by atoms with E-state index in [1.165, 1.54) is 0 Å². The fourth-order valence-corrected chi connectivity index (χ4v) is 1.67. The molecule has 0 aromatic rings. The third-order valence-electron chi connectivity index (χ3n) is 1.66. The monoisotopic (exact) mass is 144 g/mol. The SMILES string of the molecule is C=CC(C)C(CC)O[SiH3]. The average molecular weight is 144 g/mol. The molecule has 0 aromatic carbocycles. The van der Waals surface area contributed by atoms with E-state index in [1.54, 1.807) is 0 Å². The smallest absolute Gasteiger partial charge is 0.146 e. The van der Waals surface area contributed by atoms with Gasteiger partial charge < -0.3 is 4.43 Å². The molecule has 0 saturated carbocycles. The maximum absolute atomic E-state index is 5.32. The van der Waals surface area contributed by atoms with Crippen molar-refractivity contribution < 1.29 is 4.43 Å². The molecule has 2 heteroatoms. The van der Waals surface area contributed by atoms with Gasteiger partial charge in [0, 0.05) is 6.10 Å². The summed E-state index contributed by atoms with van der Waals surface area (Å²) in [7, 11) is 0.836. The number of hydrogen-bond acceptors (Lipinski definition) is 1. The van der Waals surface area contributed by atoms with Crippen LogP contribution in [0.1, 0.15) is 20.3 Å². The molecule has 0 heterocycles. The highest BCUT2D eigenvalue weighted by Crippen LogP contribution is 2.09. The zero-order chi connectivity index (χ0) is 7.28. The first-order valence-corrected chi connectivity index (χ1v) is 4.23. The van der Waals surface area contributed by atoms with Crippen molar-refractivity contribution in [2.24, 2.45) is 5.92 Å². The van der Waals surface area contributed by atoms with E-state index in [4.69, 9.17) is 4.43 Å². The van der Waals surface area contributed by atoms with Gasteiger partial charge in [-0.3, -0.25) is 0 Å². The normalized spacial score (nSPS) is 17.1. The minimum atomic E-state index is 0.411. The molecule has 0 aliphatic heterocycles. The summed E-state index contributed by atoms with van der Waals surface area (Å²) in [5.74, 6) is 0.507. The molecule has 0 amide bonds. The van der Waals surface area contributed by atoms with Crippen LogP contribution in [0.3, 0.4) is 0 Å². The molecule has 1 nitrogen and oxygen atoms in total. The van der Waals surface area contributed by atoms with Crippen LogP contribution in [-0.4, -0.2) is 16.6 Å². The molecule has 0 aliphatic carbocycles. The van der Waals surface area contributed by atoms with Gasteiger partial charge in [-0.2, -0.15) is 0 Å². The van der Waals surface area contributed by atoms with Crippen LogP contribution in [0.5, 0.6) is 0 Å². The predicted molar refractivity (Wildman–Crippen MR) is 44.5 cm³/mol. The third-order valence-corrected chi connectivity index (χ3v) is 2.27. The van der Waals surface area contributed by atoms with E-state index in [-0.39, 0.29) is 0 Å². The molecule has 0 spiro atoms. The highest BCUT2D eigenvalue weighted by molar-refractivity contribution is 5.98. The first kappa shape index (κ1) is 8.92. The van der Waals surface area contributed by atoms with Gasteiger partial charge in [-0.15, -0.1) is 6.58 Å². The fourth-order valence-electron chi connectivity index (χ4n) is 0.905. The minimum Gasteiger partial charge on any atom is -0.424 e. The van der Waals surface area contributed by atoms with Crippen molar-refractivity contribution >= 4 is 10.5 Å². The highest BCUT2D eigenvalue weighted by Gasteiger charge is 2.08. The van der Waals surface area contributed by atoms with E-state index in [9.17, 15) is 0 Å². The Morgan fingerprint density at radius 2 is 2.33 bits per heavy atom. The molecule has 0 aromatic heterocycles. The zero-order valence-electron chi connectivity index (χ0n) is 6.55. The van der Waals surface area contributed by atoms with E-state index >= 15 is 0 Å². The molecule has 2 atom stereocenters. The summed E-state index contributed by atoms with van der Waals surface area (Å²) in [6.07, 6.45) is 3.46. The van der Waals surface area contributed by atoms with Gasteiger partial charge in [0.25, 0.3) is 0 Å². The molecular weight excluding hydrogens is 128 g/mol. The Balaban J connectivity index is 3.63.